The number of hydrogen-bond acceptors (Lipinski definition) is 3. The molecule has 2 aromatic rings. The van der Waals surface area contributed by atoms with Gasteiger partial charge < -0.3 is 19.9 Å². The summed E-state index contributed by atoms with van der Waals surface area (Å²) in [6.07, 6.45) is 5.79. The predicted octanol–water partition coefficient (Wildman–Crippen LogP) is 4.70. The minimum absolute atomic E-state index is 0. The van der Waals surface area contributed by atoms with Crippen molar-refractivity contribution in [3.05, 3.63) is 52.3 Å². The van der Waals surface area contributed by atoms with E-state index in [1.165, 1.54) is 36.2 Å². The molecule has 2 aliphatic carbocycles. The van der Waals surface area contributed by atoms with Crippen LogP contribution in [0.5, 0.6) is 5.75 Å². The summed E-state index contributed by atoms with van der Waals surface area (Å²) in [6, 6.07) is 7.93. The Bertz CT molecular complexity index is 1010. The minimum Gasteiger partial charge on any atom is -0.508 e. The molecule has 1 aromatic heterocycles. The van der Waals surface area contributed by atoms with Gasteiger partial charge in [0.1, 0.15) is 11.4 Å². The smallest absolute Gasteiger partial charge is 0.270 e. The van der Waals surface area contributed by atoms with Gasteiger partial charge in [0.15, 0.2) is 0 Å². The van der Waals surface area contributed by atoms with Gasteiger partial charge in [0.05, 0.1) is 0 Å². The van der Waals surface area contributed by atoms with Crippen molar-refractivity contribution < 1.29 is 9.90 Å². The van der Waals surface area contributed by atoms with E-state index >= 15 is 0 Å². The molecule has 33 heavy (non-hydrogen) atoms. The highest BCUT2D eigenvalue weighted by molar-refractivity contribution is 5.94. The van der Waals surface area contributed by atoms with E-state index in [1.807, 2.05) is 30.9 Å². The van der Waals surface area contributed by atoms with Crippen molar-refractivity contribution in [1.29, 1.82) is 0 Å². The van der Waals surface area contributed by atoms with Crippen LogP contribution in [-0.2, 0) is 18.3 Å². The van der Waals surface area contributed by atoms with E-state index in [0.29, 0.717) is 11.7 Å². The van der Waals surface area contributed by atoms with Crippen LogP contribution in [0.15, 0.2) is 24.3 Å². The Labute approximate surface area is 204 Å². The standard InChI is InChI=1S/C27H37N3O2.ClH/c1-4-30(5-2)26(32)25-18(3)23-14-21-17-29(16-19-9-10-19)12-11-27(21,15-24(23)28-25)20-7-6-8-22(31)13-20;/h6-8,13,19,21,28,31H,4-5,9-12,14-17H2,1-3H3;1H. The first-order valence-electron chi connectivity index (χ1n) is 12.5. The number of fused-ring (bicyclic) bond motifs is 2. The summed E-state index contributed by atoms with van der Waals surface area (Å²) in [6.45, 7) is 11.1. The number of halogens is 1. The number of likely N-dealkylation sites (tertiary alicyclic amines) is 1. The molecular formula is C27H38ClN3O2. The van der Waals surface area contributed by atoms with E-state index in [0.717, 1.165) is 62.6 Å². The molecular weight excluding hydrogens is 434 g/mol. The van der Waals surface area contributed by atoms with Crippen molar-refractivity contribution in [2.75, 3.05) is 32.7 Å². The number of aromatic amines is 1. The third-order valence-electron chi connectivity index (χ3n) is 8.44. The highest BCUT2D eigenvalue weighted by Gasteiger charge is 2.49. The number of benzene rings is 1. The Kier molecular flexibility index (Phi) is 6.84. The molecule has 3 aliphatic rings. The Balaban J connectivity index is 0.00000259. The normalized spacial score (nSPS) is 24.5. The number of phenols is 1. The zero-order valence-corrected chi connectivity index (χ0v) is 21.0. The summed E-state index contributed by atoms with van der Waals surface area (Å²) in [4.78, 5) is 21.3. The SMILES string of the molecule is CCN(CC)C(=O)c1[nH]c2c(c1C)CC1CN(CC3CC3)CCC1(c1cccc(O)c1)C2.Cl. The summed E-state index contributed by atoms with van der Waals surface area (Å²) in [5.74, 6) is 1.86. The average Bonchev–Trinajstić information content (AvgIpc) is 3.55. The molecule has 0 spiro atoms. The number of aromatic hydroxyl groups is 1. The highest BCUT2D eigenvalue weighted by atomic mass is 35.5. The lowest BCUT2D eigenvalue weighted by Gasteiger charge is -2.51. The quantitative estimate of drug-likeness (QED) is 0.641. The van der Waals surface area contributed by atoms with Crippen LogP contribution in [0.3, 0.4) is 0 Å². The number of phenolic OH excluding ortho intramolecular Hbond substituents is 1. The van der Waals surface area contributed by atoms with Crippen LogP contribution in [0, 0.1) is 18.8 Å². The zero-order chi connectivity index (χ0) is 22.5. The zero-order valence-electron chi connectivity index (χ0n) is 20.2. The Hall–Kier alpha value is -1.98. The van der Waals surface area contributed by atoms with Gasteiger partial charge in [-0.15, -0.1) is 12.4 Å². The molecule has 1 saturated carbocycles. The lowest BCUT2D eigenvalue weighted by molar-refractivity contribution is 0.0764. The average molecular weight is 472 g/mol. The fourth-order valence-electron chi connectivity index (χ4n) is 6.33. The molecule has 5 rings (SSSR count). The topological polar surface area (TPSA) is 59.6 Å². The van der Waals surface area contributed by atoms with Gasteiger partial charge in [-0.3, -0.25) is 4.79 Å². The maximum atomic E-state index is 13.2. The van der Waals surface area contributed by atoms with Crippen molar-refractivity contribution in [1.82, 2.24) is 14.8 Å². The van der Waals surface area contributed by atoms with Crippen LogP contribution in [0.4, 0.5) is 0 Å². The van der Waals surface area contributed by atoms with Crippen LogP contribution in [0.25, 0.3) is 0 Å². The number of hydrogen-bond donors (Lipinski definition) is 2. The highest BCUT2D eigenvalue weighted by Crippen LogP contribution is 2.49. The van der Waals surface area contributed by atoms with E-state index < -0.39 is 0 Å². The molecule has 6 heteroatoms. The van der Waals surface area contributed by atoms with Crippen LogP contribution < -0.4 is 0 Å². The van der Waals surface area contributed by atoms with Crippen molar-refractivity contribution in [3.8, 4) is 5.75 Å². The summed E-state index contributed by atoms with van der Waals surface area (Å²) >= 11 is 0. The molecule has 2 unspecified atom stereocenters. The van der Waals surface area contributed by atoms with Gasteiger partial charge in [-0.1, -0.05) is 12.1 Å². The maximum absolute atomic E-state index is 13.2. The van der Waals surface area contributed by atoms with E-state index in [4.69, 9.17) is 0 Å². The molecule has 1 aromatic carbocycles. The lowest BCUT2D eigenvalue weighted by Crippen LogP contribution is -2.54. The number of nitrogens with one attached hydrogen (secondary N) is 1. The van der Waals surface area contributed by atoms with E-state index in [1.54, 1.807) is 6.07 Å². The van der Waals surface area contributed by atoms with Gasteiger partial charge in [0.25, 0.3) is 5.91 Å². The first kappa shape index (κ1) is 24.2. The molecule has 1 aliphatic heterocycles. The Morgan fingerprint density at radius 1 is 1.27 bits per heavy atom. The third kappa shape index (κ3) is 4.30. The van der Waals surface area contributed by atoms with E-state index in [2.05, 4.69) is 22.9 Å². The van der Waals surface area contributed by atoms with Crippen molar-refractivity contribution in [2.24, 2.45) is 11.8 Å². The third-order valence-corrected chi connectivity index (χ3v) is 8.44. The summed E-state index contributed by atoms with van der Waals surface area (Å²) in [5, 5.41) is 10.3. The number of aromatic nitrogens is 1. The second kappa shape index (κ2) is 9.34. The first-order valence-corrected chi connectivity index (χ1v) is 12.5. The fraction of sp³-hybridized carbons (Fsp3) is 0.593. The molecule has 5 nitrogen and oxygen atoms in total. The number of carbonyl (C=O) groups excluding carboxylic acids is 1. The minimum atomic E-state index is 0. The van der Waals surface area contributed by atoms with Crippen LogP contribution in [0.1, 0.15) is 66.0 Å². The molecule has 0 bridgehead atoms. The van der Waals surface area contributed by atoms with Gasteiger partial charge in [-0.05, 0) is 100 Å². The molecule has 2 atom stereocenters. The summed E-state index contributed by atoms with van der Waals surface area (Å²) in [5.41, 5.74) is 5.77. The second-order valence-electron chi connectivity index (χ2n) is 10.3. The molecule has 1 amide bonds. The van der Waals surface area contributed by atoms with Gasteiger partial charge in [0, 0.05) is 37.3 Å². The predicted molar refractivity (Wildman–Crippen MR) is 134 cm³/mol. The molecule has 0 radical (unpaired) electrons. The lowest BCUT2D eigenvalue weighted by atomic mass is 9.58. The molecule has 180 valence electrons. The van der Waals surface area contributed by atoms with Crippen LogP contribution >= 0.6 is 12.4 Å². The second-order valence-corrected chi connectivity index (χ2v) is 10.3. The molecule has 2 fully saturated rings. The van der Waals surface area contributed by atoms with Gasteiger partial charge in [-0.2, -0.15) is 0 Å². The number of H-pyrrole nitrogens is 1. The van der Waals surface area contributed by atoms with Gasteiger partial charge in [0.2, 0.25) is 0 Å². The Morgan fingerprint density at radius 2 is 2.03 bits per heavy atom. The van der Waals surface area contributed by atoms with Crippen LogP contribution in [-0.4, -0.2) is 58.5 Å². The van der Waals surface area contributed by atoms with Crippen molar-refractivity contribution >= 4 is 18.3 Å². The van der Waals surface area contributed by atoms with E-state index in [-0.39, 0.29) is 23.7 Å². The van der Waals surface area contributed by atoms with Crippen molar-refractivity contribution in [3.63, 3.8) is 0 Å². The van der Waals surface area contributed by atoms with E-state index in [9.17, 15) is 9.90 Å². The first-order chi connectivity index (χ1) is 15.4. The molecule has 1 saturated heterocycles. The summed E-state index contributed by atoms with van der Waals surface area (Å²) in [7, 11) is 0. The fourth-order valence-corrected chi connectivity index (χ4v) is 6.33. The maximum Gasteiger partial charge on any atom is 0.270 e. The monoisotopic (exact) mass is 471 g/mol. The number of piperidine rings is 1. The number of nitrogens with zero attached hydrogens (tertiary/aromatic N) is 2. The largest absolute Gasteiger partial charge is 0.508 e. The molecule has 2 N–H and O–H groups in total. The van der Waals surface area contributed by atoms with Gasteiger partial charge >= 0.3 is 0 Å². The summed E-state index contributed by atoms with van der Waals surface area (Å²) < 4.78 is 0. The number of amides is 1. The van der Waals surface area contributed by atoms with Crippen LogP contribution in [0.2, 0.25) is 0 Å². The van der Waals surface area contributed by atoms with Crippen molar-refractivity contribution in [2.45, 2.75) is 58.3 Å². The van der Waals surface area contributed by atoms with Gasteiger partial charge in [-0.25, -0.2) is 0 Å². The number of carbonyl (C=O) groups is 1. The number of rotatable bonds is 6. The Morgan fingerprint density at radius 3 is 2.70 bits per heavy atom. The molecule has 2 heterocycles.